The van der Waals surface area contributed by atoms with Crippen LogP contribution in [0.3, 0.4) is 0 Å². The Morgan fingerprint density at radius 3 is 1.33 bits per heavy atom. The van der Waals surface area contributed by atoms with Crippen molar-refractivity contribution in [3.63, 3.8) is 0 Å². The molecule has 0 aliphatic heterocycles. The van der Waals surface area contributed by atoms with Crippen LogP contribution in [0.4, 0.5) is 0 Å². The molecule has 320 valence electrons. The predicted molar refractivity (Wildman–Crippen MR) is 281 cm³/mol. The van der Waals surface area contributed by atoms with Crippen LogP contribution < -0.4 is 0 Å². The Morgan fingerprint density at radius 2 is 0.623 bits per heavy atom. The second-order valence-electron chi connectivity index (χ2n) is 17.8. The van der Waals surface area contributed by atoms with E-state index >= 15 is 0 Å². The van der Waals surface area contributed by atoms with E-state index in [0.29, 0.717) is 17.5 Å². The van der Waals surface area contributed by atoms with Gasteiger partial charge in [-0.3, -0.25) is 0 Å². The first-order valence-corrected chi connectivity index (χ1v) is 23.1. The van der Waals surface area contributed by atoms with Crippen molar-refractivity contribution in [1.29, 1.82) is 0 Å². The lowest BCUT2D eigenvalue weighted by atomic mass is 9.92. The van der Waals surface area contributed by atoms with Crippen LogP contribution in [0.15, 0.2) is 226 Å². The molecular formula is C63H35N3O3. The molecule has 0 N–H and O–H groups in total. The summed E-state index contributed by atoms with van der Waals surface area (Å²) in [6.45, 7) is 0. The molecule has 0 atom stereocenters. The van der Waals surface area contributed by atoms with E-state index in [1.165, 1.54) is 32.3 Å². The molecule has 6 heteroatoms. The van der Waals surface area contributed by atoms with Gasteiger partial charge in [-0.1, -0.05) is 146 Å². The van der Waals surface area contributed by atoms with E-state index in [1.807, 2.05) is 48.5 Å². The lowest BCUT2D eigenvalue weighted by molar-refractivity contribution is 0.668. The van der Waals surface area contributed by atoms with Gasteiger partial charge >= 0.3 is 0 Å². The molecule has 69 heavy (non-hydrogen) atoms. The number of aromatic nitrogens is 3. The summed E-state index contributed by atoms with van der Waals surface area (Å²) in [6, 6.07) is 74.1. The molecule has 0 fully saturated rings. The van der Waals surface area contributed by atoms with Crippen molar-refractivity contribution in [2.24, 2.45) is 0 Å². The maximum Gasteiger partial charge on any atom is 0.164 e. The Morgan fingerprint density at radius 1 is 0.217 bits per heavy atom. The van der Waals surface area contributed by atoms with Crippen molar-refractivity contribution in [2.75, 3.05) is 0 Å². The highest BCUT2D eigenvalue weighted by Crippen LogP contribution is 2.42. The van der Waals surface area contributed by atoms with Gasteiger partial charge < -0.3 is 13.3 Å². The van der Waals surface area contributed by atoms with Crippen LogP contribution in [0, 0.1) is 0 Å². The second-order valence-corrected chi connectivity index (χ2v) is 17.8. The molecule has 0 radical (unpaired) electrons. The third-order valence-corrected chi connectivity index (χ3v) is 13.9. The quantitative estimate of drug-likeness (QED) is 0.160. The minimum absolute atomic E-state index is 0.540. The summed E-state index contributed by atoms with van der Waals surface area (Å²) in [5.74, 6) is 1.64. The molecule has 0 bridgehead atoms. The van der Waals surface area contributed by atoms with Crippen LogP contribution in [0.5, 0.6) is 0 Å². The zero-order chi connectivity index (χ0) is 45.2. The van der Waals surface area contributed by atoms with E-state index in [4.69, 9.17) is 28.2 Å². The average Bonchev–Trinajstić information content (AvgIpc) is 4.11. The van der Waals surface area contributed by atoms with Crippen LogP contribution in [-0.4, -0.2) is 15.0 Å². The summed E-state index contributed by atoms with van der Waals surface area (Å²) in [6.07, 6.45) is 0. The van der Waals surface area contributed by atoms with Gasteiger partial charge in [0.15, 0.2) is 17.5 Å². The average molecular weight is 882 g/mol. The summed E-state index contributed by atoms with van der Waals surface area (Å²) in [4.78, 5) is 15.9. The molecule has 0 saturated carbocycles. The zero-order valence-electron chi connectivity index (χ0n) is 36.8. The highest BCUT2D eigenvalue weighted by Gasteiger charge is 2.20. The van der Waals surface area contributed by atoms with Crippen LogP contribution in [-0.2, 0) is 0 Å². The molecule has 0 aliphatic carbocycles. The van der Waals surface area contributed by atoms with Gasteiger partial charge in [-0.05, 0) is 121 Å². The number of rotatable bonds is 5. The Kier molecular flexibility index (Phi) is 7.97. The van der Waals surface area contributed by atoms with Gasteiger partial charge in [0, 0.05) is 49.0 Å². The van der Waals surface area contributed by atoms with Gasteiger partial charge in [-0.15, -0.1) is 0 Å². The van der Waals surface area contributed by atoms with E-state index in [1.54, 1.807) is 0 Å². The summed E-state index contributed by atoms with van der Waals surface area (Å²) < 4.78 is 19.1. The molecule has 0 saturated heterocycles. The lowest BCUT2D eigenvalue weighted by Crippen LogP contribution is -2.00. The monoisotopic (exact) mass is 881 g/mol. The van der Waals surface area contributed by atoms with Crippen molar-refractivity contribution in [2.45, 2.75) is 0 Å². The molecule has 15 aromatic rings. The normalized spacial score (nSPS) is 12.1. The van der Waals surface area contributed by atoms with Gasteiger partial charge in [-0.25, -0.2) is 15.0 Å². The number of furan rings is 3. The van der Waals surface area contributed by atoms with Crippen molar-refractivity contribution in [1.82, 2.24) is 15.0 Å². The summed E-state index contributed by atoms with van der Waals surface area (Å²) in [5, 5.41) is 13.6. The molecule has 15 rings (SSSR count). The van der Waals surface area contributed by atoms with Crippen LogP contribution in [0.25, 0.3) is 155 Å². The largest absolute Gasteiger partial charge is 0.456 e. The molecule has 0 spiro atoms. The van der Waals surface area contributed by atoms with Gasteiger partial charge in [-0.2, -0.15) is 0 Å². The number of benzene rings is 11. The second kappa shape index (κ2) is 14.6. The maximum absolute atomic E-state index is 6.57. The third kappa shape index (κ3) is 5.89. The minimum Gasteiger partial charge on any atom is -0.456 e. The first kappa shape index (κ1) is 37.8. The first-order chi connectivity index (χ1) is 34.1. The lowest BCUT2D eigenvalue weighted by Gasteiger charge is -2.13. The molecule has 0 aliphatic rings. The van der Waals surface area contributed by atoms with Crippen molar-refractivity contribution >= 4 is 98.1 Å². The molecule has 6 nitrogen and oxygen atoms in total. The number of hydrogen-bond acceptors (Lipinski definition) is 6. The maximum atomic E-state index is 6.57. The molecule has 4 heterocycles. The summed E-state index contributed by atoms with van der Waals surface area (Å²) in [7, 11) is 0. The smallest absolute Gasteiger partial charge is 0.164 e. The number of nitrogens with zero attached hydrogens (tertiary/aromatic N) is 3. The molecule has 11 aromatic carbocycles. The zero-order valence-corrected chi connectivity index (χ0v) is 36.8. The van der Waals surface area contributed by atoms with Crippen molar-refractivity contribution in [3.05, 3.63) is 212 Å². The Bertz CT molecular complexity index is 4600. The minimum atomic E-state index is 0.540. The van der Waals surface area contributed by atoms with Crippen molar-refractivity contribution in [3.8, 4) is 56.4 Å². The highest BCUT2D eigenvalue weighted by atomic mass is 16.3. The van der Waals surface area contributed by atoms with Gasteiger partial charge in [0.25, 0.3) is 0 Å². The Labute approximate surface area is 393 Å². The molecular weight excluding hydrogens is 847 g/mol. The summed E-state index contributed by atoms with van der Waals surface area (Å²) in [5.41, 5.74) is 11.8. The van der Waals surface area contributed by atoms with Crippen LogP contribution in [0.1, 0.15) is 0 Å². The fourth-order valence-corrected chi connectivity index (χ4v) is 10.6. The highest BCUT2D eigenvalue weighted by molar-refractivity contribution is 6.26. The van der Waals surface area contributed by atoms with Gasteiger partial charge in [0.05, 0.1) is 0 Å². The third-order valence-electron chi connectivity index (χ3n) is 13.9. The van der Waals surface area contributed by atoms with E-state index in [-0.39, 0.29) is 0 Å². The first-order valence-electron chi connectivity index (χ1n) is 23.1. The van der Waals surface area contributed by atoms with Crippen LogP contribution in [0.2, 0.25) is 0 Å². The topological polar surface area (TPSA) is 78.1 Å². The fourth-order valence-electron chi connectivity index (χ4n) is 10.6. The molecule has 0 amide bonds. The van der Waals surface area contributed by atoms with E-state index < -0.39 is 0 Å². The number of fused-ring (bicyclic) bond motifs is 15. The Hall–Kier alpha value is -9.39. The van der Waals surface area contributed by atoms with Crippen molar-refractivity contribution < 1.29 is 13.3 Å². The van der Waals surface area contributed by atoms with E-state index in [0.717, 1.165) is 105 Å². The summed E-state index contributed by atoms with van der Waals surface area (Å²) >= 11 is 0. The fraction of sp³-hybridized carbons (Fsp3) is 0. The van der Waals surface area contributed by atoms with Crippen LogP contribution >= 0.6 is 0 Å². The standard InChI is InChI=1S/C63H35N3O3/c1-2-15-44-42(13-1)43-14-3-4-16-45(43)51-32-37(23-27-46(44)51)36-11-9-12-40(31-36)61-64-62(41-24-28-49-47-17-5-7-20-54(47)69-59(49)35-41)66-63(65-61)50-19-10-22-58-60(50)53-34-39(26-30-57(53)68-58)38-25-29-56-52(33-38)48-18-6-8-21-55(48)67-56/h1-35H. The number of para-hydroxylation sites is 2. The Balaban J connectivity index is 0.912. The number of hydrogen-bond donors (Lipinski definition) is 0. The predicted octanol–water partition coefficient (Wildman–Crippen LogP) is 17.4. The van der Waals surface area contributed by atoms with E-state index in [9.17, 15) is 0 Å². The van der Waals surface area contributed by atoms with E-state index in [2.05, 4.69) is 164 Å². The van der Waals surface area contributed by atoms with Gasteiger partial charge in [0.2, 0.25) is 0 Å². The van der Waals surface area contributed by atoms with Gasteiger partial charge in [0.1, 0.15) is 33.5 Å². The molecule has 4 aromatic heterocycles. The SMILES string of the molecule is c1cc(-c2ccc3c4ccccc4c4ccccc4c3c2)cc(-c2nc(-c3ccc4c(c3)oc3ccccc34)nc(-c3cccc4oc5ccc(-c6ccc7oc8ccccc8c7c6)cc5c34)n2)c1. The molecule has 0 unspecified atom stereocenters.